The van der Waals surface area contributed by atoms with Crippen LogP contribution >= 0.6 is 11.9 Å². The zero-order valence-electron chi connectivity index (χ0n) is 12.2. The standard InChI is InChI=1S/C18H15N3S/c1-13-17(15-10-6-3-7-11-15)18-20-22-12-16(21(18)19-13)14-8-4-2-5-9-14/h2-12,20H,1H3. The van der Waals surface area contributed by atoms with Crippen molar-refractivity contribution < 1.29 is 0 Å². The van der Waals surface area contributed by atoms with Crippen molar-refractivity contribution in [1.29, 1.82) is 0 Å². The lowest BCUT2D eigenvalue weighted by atomic mass is 10.1. The topological polar surface area (TPSA) is 29.9 Å². The van der Waals surface area contributed by atoms with Gasteiger partial charge in [-0.05, 0) is 24.4 Å². The molecule has 3 nitrogen and oxygen atoms in total. The Balaban J connectivity index is 1.88. The number of benzene rings is 2. The highest BCUT2D eigenvalue weighted by atomic mass is 32.2. The number of fused-ring (bicyclic) bond motifs is 1. The summed E-state index contributed by atoms with van der Waals surface area (Å²) in [6, 6.07) is 20.8. The Hall–Kier alpha value is -2.46. The Labute approximate surface area is 133 Å². The Kier molecular flexibility index (Phi) is 3.24. The monoisotopic (exact) mass is 305 g/mol. The first-order valence-corrected chi connectivity index (χ1v) is 8.05. The Morgan fingerprint density at radius 2 is 1.55 bits per heavy atom. The molecule has 0 radical (unpaired) electrons. The summed E-state index contributed by atoms with van der Waals surface area (Å²) >= 11 is 1.59. The summed E-state index contributed by atoms with van der Waals surface area (Å²) in [6.45, 7) is 2.06. The smallest absolute Gasteiger partial charge is 0.148 e. The van der Waals surface area contributed by atoms with Gasteiger partial charge < -0.3 is 4.72 Å². The maximum atomic E-state index is 4.76. The third-order valence-electron chi connectivity index (χ3n) is 3.75. The predicted molar refractivity (Wildman–Crippen MR) is 93.4 cm³/mol. The quantitative estimate of drug-likeness (QED) is 0.691. The molecule has 2 heterocycles. The molecular formula is C18H15N3S. The third-order valence-corrected chi connectivity index (χ3v) is 4.40. The van der Waals surface area contributed by atoms with E-state index in [9.17, 15) is 0 Å². The number of nitrogens with zero attached hydrogens (tertiary/aromatic N) is 2. The van der Waals surface area contributed by atoms with E-state index in [1.807, 2.05) is 16.8 Å². The second kappa shape index (κ2) is 5.39. The molecule has 0 amide bonds. The van der Waals surface area contributed by atoms with Gasteiger partial charge in [-0.15, -0.1) is 0 Å². The van der Waals surface area contributed by atoms with Crippen molar-refractivity contribution in [2.24, 2.45) is 0 Å². The van der Waals surface area contributed by atoms with Crippen LogP contribution in [-0.4, -0.2) is 9.78 Å². The second-order valence-electron chi connectivity index (χ2n) is 5.18. The van der Waals surface area contributed by atoms with Crippen LogP contribution in [0.15, 0.2) is 66.1 Å². The van der Waals surface area contributed by atoms with E-state index in [0.29, 0.717) is 0 Å². The van der Waals surface area contributed by atoms with E-state index in [2.05, 4.69) is 65.6 Å². The molecule has 3 aromatic rings. The average molecular weight is 305 g/mol. The first-order valence-electron chi connectivity index (χ1n) is 7.17. The van der Waals surface area contributed by atoms with E-state index in [0.717, 1.165) is 22.8 Å². The van der Waals surface area contributed by atoms with Crippen LogP contribution in [0.2, 0.25) is 0 Å². The van der Waals surface area contributed by atoms with Crippen LogP contribution in [0.4, 0.5) is 5.82 Å². The van der Waals surface area contributed by atoms with E-state index in [4.69, 9.17) is 5.10 Å². The van der Waals surface area contributed by atoms with E-state index in [-0.39, 0.29) is 0 Å². The first-order chi connectivity index (χ1) is 10.8. The molecule has 22 heavy (non-hydrogen) atoms. The van der Waals surface area contributed by atoms with E-state index >= 15 is 0 Å². The number of nitrogens with one attached hydrogen (secondary N) is 1. The summed E-state index contributed by atoms with van der Waals surface area (Å²) in [5, 5.41) is 6.86. The summed E-state index contributed by atoms with van der Waals surface area (Å²) in [7, 11) is 0. The van der Waals surface area contributed by atoms with Gasteiger partial charge in [-0.2, -0.15) is 5.10 Å². The molecular weight excluding hydrogens is 290 g/mol. The summed E-state index contributed by atoms with van der Waals surface area (Å²) in [6.07, 6.45) is 0. The number of hydrogen-bond acceptors (Lipinski definition) is 3. The van der Waals surface area contributed by atoms with Crippen LogP contribution in [0.3, 0.4) is 0 Å². The minimum atomic E-state index is 1.03. The van der Waals surface area contributed by atoms with Gasteiger partial charge in [-0.25, -0.2) is 4.68 Å². The van der Waals surface area contributed by atoms with Crippen molar-refractivity contribution in [3.63, 3.8) is 0 Å². The number of aryl methyl sites for hydroxylation is 1. The predicted octanol–water partition coefficient (Wildman–Crippen LogP) is 4.78. The van der Waals surface area contributed by atoms with Gasteiger partial charge in [0, 0.05) is 16.5 Å². The summed E-state index contributed by atoms with van der Waals surface area (Å²) in [4.78, 5) is 0. The van der Waals surface area contributed by atoms with Crippen LogP contribution in [0, 0.1) is 6.92 Å². The van der Waals surface area contributed by atoms with Crippen molar-refractivity contribution in [3.8, 4) is 11.1 Å². The molecule has 108 valence electrons. The van der Waals surface area contributed by atoms with Gasteiger partial charge in [0.1, 0.15) is 5.82 Å². The Morgan fingerprint density at radius 3 is 2.23 bits per heavy atom. The van der Waals surface area contributed by atoms with Gasteiger partial charge in [0.2, 0.25) is 0 Å². The molecule has 0 atom stereocenters. The lowest BCUT2D eigenvalue weighted by Gasteiger charge is -2.18. The zero-order valence-corrected chi connectivity index (χ0v) is 13.0. The Morgan fingerprint density at radius 1 is 0.909 bits per heavy atom. The van der Waals surface area contributed by atoms with E-state index < -0.39 is 0 Å². The first kappa shape index (κ1) is 13.2. The van der Waals surface area contributed by atoms with Gasteiger partial charge >= 0.3 is 0 Å². The number of aromatic nitrogens is 2. The van der Waals surface area contributed by atoms with Crippen LogP contribution < -0.4 is 4.72 Å². The van der Waals surface area contributed by atoms with Crippen LogP contribution in [0.5, 0.6) is 0 Å². The fraction of sp³-hybridized carbons (Fsp3) is 0.0556. The largest absolute Gasteiger partial charge is 0.310 e. The molecule has 1 aliphatic heterocycles. The molecule has 0 spiro atoms. The third kappa shape index (κ3) is 2.12. The maximum absolute atomic E-state index is 4.76. The van der Waals surface area contributed by atoms with Gasteiger partial charge in [0.15, 0.2) is 0 Å². The van der Waals surface area contributed by atoms with Gasteiger partial charge in [0.25, 0.3) is 0 Å². The fourth-order valence-corrected chi connectivity index (χ4v) is 3.44. The van der Waals surface area contributed by atoms with E-state index in [1.54, 1.807) is 11.9 Å². The maximum Gasteiger partial charge on any atom is 0.148 e. The van der Waals surface area contributed by atoms with Crippen LogP contribution in [-0.2, 0) is 0 Å². The van der Waals surface area contributed by atoms with Crippen molar-refractivity contribution >= 4 is 23.5 Å². The molecule has 0 fully saturated rings. The molecule has 1 aliphatic rings. The summed E-state index contributed by atoms with van der Waals surface area (Å²) in [5.41, 5.74) is 5.64. The highest BCUT2D eigenvalue weighted by Gasteiger charge is 2.22. The zero-order chi connectivity index (χ0) is 14.9. The van der Waals surface area contributed by atoms with Gasteiger partial charge in [-0.3, -0.25) is 0 Å². The molecule has 4 heteroatoms. The highest BCUT2D eigenvalue weighted by Crippen LogP contribution is 2.39. The summed E-state index contributed by atoms with van der Waals surface area (Å²) < 4.78 is 5.39. The molecule has 0 unspecified atom stereocenters. The lowest BCUT2D eigenvalue weighted by Crippen LogP contribution is -2.08. The molecule has 0 saturated heterocycles. The van der Waals surface area contributed by atoms with Crippen molar-refractivity contribution in [1.82, 2.24) is 9.78 Å². The normalized spacial score (nSPS) is 13.2. The average Bonchev–Trinajstić information content (AvgIpc) is 2.92. The molecule has 2 aromatic carbocycles. The molecule has 0 bridgehead atoms. The van der Waals surface area contributed by atoms with E-state index in [1.165, 1.54) is 11.1 Å². The molecule has 1 aromatic heterocycles. The lowest BCUT2D eigenvalue weighted by molar-refractivity contribution is 0.893. The number of hydrogen-bond donors (Lipinski definition) is 1. The fourth-order valence-electron chi connectivity index (χ4n) is 2.74. The number of anilines is 1. The van der Waals surface area contributed by atoms with Crippen LogP contribution in [0.25, 0.3) is 16.8 Å². The Bertz CT molecular complexity index is 836. The minimum absolute atomic E-state index is 1.03. The SMILES string of the molecule is Cc1nn2c(c1-c1ccccc1)NSC=C2c1ccccc1. The molecule has 4 rings (SSSR count). The molecule has 1 N–H and O–H groups in total. The van der Waals surface area contributed by atoms with Crippen molar-refractivity contribution in [3.05, 3.63) is 77.3 Å². The summed E-state index contributed by atoms with van der Waals surface area (Å²) in [5.74, 6) is 1.04. The van der Waals surface area contributed by atoms with Crippen molar-refractivity contribution in [2.75, 3.05) is 4.72 Å². The molecule has 0 saturated carbocycles. The van der Waals surface area contributed by atoms with Gasteiger partial charge in [-0.1, -0.05) is 60.7 Å². The van der Waals surface area contributed by atoms with Crippen LogP contribution in [0.1, 0.15) is 11.3 Å². The minimum Gasteiger partial charge on any atom is -0.310 e. The second-order valence-corrected chi connectivity index (χ2v) is 5.85. The van der Waals surface area contributed by atoms with Crippen molar-refractivity contribution in [2.45, 2.75) is 6.92 Å². The number of rotatable bonds is 2. The highest BCUT2D eigenvalue weighted by molar-refractivity contribution is 8.03. The van der Waals surface area contributed by atoms with Gasteiger partial charge in [0.05, 0.1) is 11.4 Å². The molecule has 0 aliphatic carbocycles.